The summed E-state index contributed by atoms with van der Waals surface area (Å²) in [6.45, 7) is 0.186. The van der Waals surface area contributed by atoms with E-state index in [2.05, 4.69) is 0 Å². The summed E-state index contributed by atoms with van der Waals surface area (Å²) >= 11 is 0. The van der Waals surface area contributed by atoms with E-state index in [9.17, 15) is 4.39 Å². The van der Waals surface area contributed by atoms with Gasteiger partial charge in [0.15, 0.2) is 0 Å². The molecule has 0 radical (unpaired) electrons. The largest absolute Gasteiger partial charge is 0.398 e. The third-order valence-electron chi connectivity index (χ3n) is 1.71. The molecule has 0 aliphatic heterocycles. The number of nitrogens with two attached hydrogens (primary N) is 3. The quantitative estimate of drug-likeness (QED) is 0.559. The van der Waals surface area contributed by atoms with Crippen LogP contribution in [0, 0.1) is 5.82 Å². The lowest BCUT2D eigenvalue weighted by Crippen LogP contribution is -2.23. The van der Waals surface area contributed by atoms with Gasteiger partial charge in [-0.1, -0.05) is 6.07 Å². The molecular formula is C8H12FN3. The molecule has 12 heavy (non-hydrogen) atoms. The zero-order valence-electron chi connectivity index (χ0n) is 6.63. The second-order valence-electron chi connectivity index (χ2n) is 2.58. The van der Waals surface area contributed by atoms with Crippen molar-refractivity contribution >= 4 is 5.69 Å². The molecule has 0 fully saturated rings. The molecule has 3 nitrogen and oxygen atoms in total. The molecular weight excluding hydrogens is 157 g/mol. The van der Waals surface area contributed by atoms with Gasteiger partial charge in [0.1, 0.15) is 5.82 Å². The first-order valence-corrected chi connectivity index (χ1v) is 3.66. The SMILES string of the molecule is NC[C@@H](N)c1c(N)cccc1F. The van der Waals surface area contributed by atoms with Gasteiger partial charge in [0, 0.05) is 23.8 Å². The summed E-state index contributed by atoms with van der Waals surface area (Å²) in [6.07, 6.45) is 0. The molecule has 0 aliphatic rings. The van der Waals surface area contributed by atoms with Crippen LogP contribution in [0.5, 0.6) is 0 Å². The fourth-order valence-corrected chi connectivity index (χ4v) is 1.06. The van der Waals surface area contributed by atoms with Gasteiger partial charge < -0.3 is 17.2 Å². The van der Waals surface area contributed by atoms with Gasteiger partial charge in [-0.25, -0.2) is 4.39 Å². The third-order valence-corrected chi connectivity index (χ3v) is 1.71. The second kappa shape index (κ2) is 3.51. The Balaban J connectivity index is 3.12. The van der Waals surface area contributed by atoms with Crippen molar-refractivity contribution in [3.8, 4) is 0 Å². The summed E-state index contributed by atoms with van der Waals surface area (Å²) in [5, 5.41) is 0. The molecule has 1 aromatic rings. The number of rotatable bonds is 2. The van der Waals surface area contributed by atoms with Gasteiger partial charge in [-0.05, 0) is 12.1 Å². The van der Waals surface area contributed by atoms with Crippen LogP contribution in [0.1, 0.15) is 11.6 Å². The molecule has 0 spiro atoms. The molecule has 0 amide bonds. The predicted molar refractivity (Wildman–Crippen MR) is 46.8 cm³/mol. The van der Waals surface area contributed by atoms with Crippen LogP contribution in [-0.2, 0) is 0 Å². The van der Waals surface area contributed by atoms with Crippen molar-refractivity contribution in [2.24, 2.45) is 11.5 Å². The van der Waals surface area contributed by atoms with Crippen molar-refractivity contribution in [2.75, 3.05) is 12.3 Å². The van der Waals surface area contributed by atoms with Gasteiger partial charge >= 0.3 is 0 Å². The van der Waals surface area contributed by atoms with Crippen molar-refractivity contribution < 1.29 is 4.39 Å². The number of nitrogen functional groups attached to an aromatic ring is 1. The zero-order valence-corrected chi connectivity index (χ0v) is 6.63. The standard InChI is InChI=1S/C8H12FN3/c9-5-2-1-3-6(11)8(5)7(12)4-10/h1-3,7H,4,10-12H2/t7-/m1/s1. The molecule has 1 rings (SSSR count). The smallest absolute Gasteiger partial charge is 0.130 e. The van der Waals surface area contributed by atoms with E-state index in [4.69, 9.17) is 17.2 Å². The van der Waals surface area contributed by atoms with Crippen molar-refractivity contribution in [3.05, 3.63) is 29.6 Å². The lowest BCUT2D eigenvalue weighted by molar-refractivity contribution is 0.586. The Bertz CT molecular complexity index is 255. The molecule has 0 saturated carbocycles. The van der Waals surface area contributed by atoms with Crippen LogP contribution in [0.15, 0.2) is 18.2 Å². The lowest BCUT2D eigenvalue weighted by atomic mass is 10.1. The van der Waals surface area contributed by atoms with Crippen LogP contribution < -0.4 is 17.2 Å². The molecule has 1 aromatic carbocycles. The van der Waals surface area contributed by atoms with Gasteiger partial charge in [-0.3, -0.25) is 0 Å². The average Bonchev–Trinajstić information content (AvgIpc) is 2.03. The van der Waals surface area contributed by atoms with E-state index in [-0.39, 0.29) is 6.54 Å². The highest BCUT2D eigenvalue weighted by Crippen LogP contribution is 2.20. The Morgan fingerprint density at radius 2 is 2.08 bits per heavy atom. The first-order valence-electron chi connectivity index (χ1n) is 3.66. The monoisotopic (exact) mass is 169 g/mol. The summed E-state index contributed by atoms with van der Waals surface area (Å²) in [5.41, 5.74) is 17.0. The second-order valence-corrected chi connectivity index (χ2v) is 2.58. The summed E-state index contributed by atoms with van der Waals surface area (Å²) in [6, 6.07) is 3.94. The molecule has 6 N–H and O–H groups in total. The van der Waals surface area contributed by atoms with E-state index >= 15 is 0 Å². The van der Waals surface area contributed by atoms with Gasteiger partial charge in [0.25, 0.3) is 0 Å². The number of hydrogen-bond acceptors (Lipinski definition) is 3. The zero-order chi connectivity index (χ0) is 9.14. The Labute approximate surface area is 70.3 Å². The minimum atomic E-state index is -0.522. The Morgan fingerprint density at radius 1 is 1.42 bits per heavy atom. The first-order chi connectivity index (χ1) is 5.66. The van der Waals surface area contributed by atoms with Crippen LogP contribution >= 0.6 is 0 Å². The lowest BCUT2D eigenvalue weighted by Gasteiger charge is -2.12. The van der Waals surface area contributed by atoms with E-state index < -0.39 is 11.9 Å². The first kappa shape index (κ1) is 8.96. The van der Waals surface area contributed by atoms with Crippen LogP contribution in [0.4, 0.5) is 10.1 Å². The van der Waals surface area contributed by atoms with Crippen LogP contribution in [0.2, 0.25) is 0 Å². The Kier molecular flexibility index (Phi) is 2.62. The normalized spacial score (nSPS) is 12.9. The van der Waals surface area contributed by atoms with E-state index in [1.54, 1.807) is 6.07 Å². The van der Waals surface area contributed by atoms with Crippen LogP contribution in [0.3, 0.4) is 0 Å². The van der Waals surface area contributed by atoms with E-state index in [0.717, 1.165) is 0 Å². The Hall–Kier alpha value is -1.13. The molecule has 1 atom stereocenters. The van der Waals surface area contributed by atoms with E-state index in [0.29, 0.717) is 11.3 Å². The molecule has 4 heteroatoms. The summed E-state index contributed by atoms with van der Waals surface area (Å²) in [7, 11) is 0. The summed E-state index contributed by atoms with van der Waals surface area (Å²) < 4.78 is 13.1. The molecule has 0 unspecified atom stereocenters. The maximum Gasteiger partial charge on any atom is 0.130 e. The molecule has 0 bridgehead atoms. The highest BCUT2D eigenvalue weighted by Gasteiger charge is 2.12. The number of halogens is 1. The topological polar surface area (TPSA) is 78.1 Å². The fourth-order valence-electron chi connectivity index (χ4n) is 1.06. The van der Waals surface area contributed by atoms with Crippen LogP contribution in [0.25, 0.3) is 0 Å². The van der Waals surface area contributed by atoms with Crippen molar-refractivity contribution in [2.45, 2.75) is 6.04 Å². The maximum atomic E-state index is 13.1. The minimum absolute atomic E-state index is 0.186. The number of benzene rings is 1. The average molecular weight is 169 g/mol. The van der Waals surface area contributed by atoms with Crippen molar-refractivity contribution in [1.29, 1.82) is 0 Å². The van der Waals surface area contributed by atoms with Crippen molar-refractivity contribution in [1.82, 2.24) is 0 Å². The van der Waals surface area contributed by atoms with Gasteiger partial charge in [0.05, 0.1) is 0 Å². The van der Waals surface area contributed by atoms with E-state index in [1.165, 1.54) is 12.1 Å². The highest BCUT2D eigenvalue weighted by atomic mass is 19.1. The molecule has 0 aromatic heterocycles. The number of anilines is 1. The Morgan fingerprint density at radius 3 is 2.58 bits per heavy atom. The van der Waals surface area contributed by atoms with Gasteiger partial charge in [-0.15, -0.1) is 0 Å². The highest BCUT2D eigenvalue weighted by molar-refractivity contribution is 5.49. The minimum Gasteiger partial charge on any atom is -0.398 e. The predicted octanol–water partition coefficient (Wildman–Crippen LogP) is 0.366. The molecule has 66 valence electrons. The molecule has 0 aliphatic carbocycles. The maximum absolute atomic E-state index is 13.1. The van der Waals surface area contributed by atoms with Crippen molar-refractivity contribution in [3.63, 3.8) is 0 Å². The van der Waals surface area contributed by atoms with Gasteiger partial charge in [-0.2, -0.15) is 0 Å². The fraction of sp³-hybridized carbons (Fsp3) is 0.250. The summed E-state index contributed by atoms with van der Waals surface area (Å²) in [5.74, 6) is -0.395. The van der Waals surface area contributed by atoms with Crippen LogP contribution in [-0.4, -0.2) is 6.54 Å². The summed E-state index contributed by atoms with van der Waals surface area (Å²) in [4.78, 5) is 0. The van der Waals surface area contributed by atoms with Gasteiger partial charge in [0.2, 0.25) is 0 Å². The molecule has 0 heterocycles. The third kappa shape index (κ3) is 1.54. The number of hydrogen-bond donors (Lipinski definition) is 3. The van der Waals surface area contributed by atoms with E-state index in [1.807, 2.05) is 0 Å². The molecule has 0 saturated heterocycles.